The number of non-ortho nitro benzene ring substituents is 1. The standard InChI is InChI=1S/C20H23N5O3/c1-28-19-10-16(25(26)27)6-5-14(19)12-24-9-7-17-15(13-24)11-22-20(23-17)18-4-2-3-8-21-18/h5-6,10-11H,2-4,7-9,12-13H2,1H3. The second-order valence-electron chi connectivity index (χ2n) is 7.16. The van der Waals surface area contributed by atoms with Crippen LogP contribution in [0.25, 0.3) is 0 Å². The molecule has 1 aromatic heterocycles. The van der Waals surface area contributed by atoms with Crippen molar-refractivity contribution < 1.29 is 9.66 Å². The highest BCUT2D eigenvalue weighted by atomic mass is 16.6. The summed E-state index contributed by atoms with van der Waals surface area (Å²) in [5.41, 5.74) is 4.24. The third-order valence-corrected chi connectivity index (χ3v) is 5.27. The van der Waals surface area contributed by atoms with Gasteiger partial charge in [-0.25, -0.2) is 9.97 Å². The maximum Gasteiger partial charge on any atom is 0.273 e. The van der Waals surface area contributed by atoms with Crippen LogP contribution in [0.1, 0.15) is 41.9 Å². The molecule has 0 saturated heterocycles. The molecule has 0 unspecified atom stereocenters. The van der Waals surface area contributed by atoms with Crippen LogP contribution in [0.5, 0.6) is 5.75 Å². The highest BCUT2D eigenvalue weighted by Gasteiger charge is 2.22. The van der Waals surface area contributed by atoms with Gasteiger partial charge in [-0.2, -0.15) is 0 Å². The van der Waals surface area contributed by atoms with E-state index in [1.807, 2.05) is 6.20 Å². The van der Waals surface area contributed by atoms with Gasteiger partial charge in [0.2, 0.25) is 0 Å². The molecule has 0 spiro atoms. The summed E-state index contributed by atoms with van der Waals surface area (Å²) in [5.74, 6) is 1.32. The lowest BCUT2D eigenvalue weighted by atomic mass is 10.0. The molecule has 1 aromatic carbocycles. The van der Waals surface area contributed by atoms with Crippen LogP contribution in [0.15, 0.2) is 29.4 Å². The van der Waals surface area contributed by atoms with Gasteiger partial charge in [0, 0.05) is 56.0 Å². The highest BCUT2D eigenvalue weighted by Crippen LogP contribution is 2.27. The van der Waals surface area contributed by atoms with Gasteiger partial charge in [-0.1, -0.05) is 0 Å². The molecular formula is C20H23N5O3. The maximum atomic E-state index is 11.0. The summed E-state index contributed by atoms with van der Waals surface area (Å²) in [4.78, 5) is 26.7. The Hall–Kier alpha value is -2.87. The Kier molecular flexibility index (Phi) is 5.29. The second kappa shape index (κ2) is 8.02. The van der Waals surface area contributed by atoms with E-state index in [0.29, 0.717) is 12.3 Å². The molecule has 2 aliphatic heterocycles. The lowest BCUT2D eigenvalue weighted by molar-refractivity contribution is -0.384. The van der Waals surface area contributed by atoms with Gasteiger partial charge in [0.05, 0.1) is 29.5 Å². The zero-order chi connectivity index (χ0) is 19.5. The molecule has 2 aromatic rings. The van der Waals surface area contributed by atoms with Gasteiger partial charge in [0.1, 0.15) is 5.75 Å². The second-order valence-corrected chi connectivity index (χ2v) is 7.16. The Balaban J connectivity index is 1.49. The minimum absolute atomic E-state index is 0.0381. The van der Waals surface area contributed by atoms with Gasteiger partial charge in [-0.3, -0.25) is 20.0 Å². The number of ether oxygens (including phenoxy) is 1. The first-order chi connectivity index (χ1) is 13.6. The van der Waals surface area contributed by atoms with Crippen molar-refractivity contribution in [3.63, 3.8) is 0 Å². The summed E-state index contributed by atoms with van der Waals surface area (Å²) >= 11 is 0. The van der Waals surface area contributed by atoms with E-state index < -0.39 is 4.92 Å². The zero-order valence-electron chi connectivity index (χ0n) is 15.9. The Morgan fingerprint density at radius 2 is 2.18 bits per heavy atom. The number of aliphatic imine (C=N–C) groups is 1. The van der Waals surface area contributed by atoms with E-state index in [2.05, 4.69) is 14.9 Å². The predicted octanol–water partition coefficient (Wildman–Crippen LogP) is 2.92. The summed E-state index contributed by atoms with van der Waals surface area (Å²) in [6.45, 7) is 3.16. The average molecular weight is 381 g/mol. The number of methoxy groups -OCH3 is 1. The molecule has 3 heterocycles. The molecule has 0 N–H and O–H groups in total. The summed E-state index contributed by atoms with van der Waals surface area (Å²) in [7, 11) is 1.54. The minimum atomic E-state index is -0.408. The van der Waals surface area contributed by atoms with E-state index in [1.54, 1.807) is 6.07 Å². The molecule has 146 valence electrons. The molecule has 8 heteroatoms. The van der Waals surface area contributed by atoms with Crippen molar-refractivity contribution in [2.24, 2.45) is 4.99 Å². The third kappa shape index (κ3) is 3.87. The largest absolute Gasteiger partial charge is 0.496 e. The number of nitro groups is 1. The first-order valence-electron chi connectivity index (χ1n) is 9.56. The molecule has 0 saturated carbocycles. The quantitative estimate of drug-likeness (QED) is 0.584. The summed E-state index contributed by atoms with van der Waals surface area (Å²) < 4.78 is 5.36. The summed E-state index contributed by atoms with van der Waals surface area (Å²) in [6.07, 6.45) is 6.05. The van der Waals surface area contributed by atoms with E-state index in [4.69, 9.17) is 9.72 Å². The van der Waals surface area contributed by atoms with Crippen LogP contribution >= 0.6 is 0 Å². The molecule has 0 radical (unpaired) electrons. The first-order valence-corrected chi connectivity index (χ1v) is 9.56. The van der Waals surface area contributed by atoms with E-state index in [-0.39, 0.29) is 5.69 Å². The SMILES string of the molecule is COc1cc([N+](=O)[O-])ccc1CN1CCc2nc(C3=NCCCC3)ncc2C1. The van der Waals surface area contributed by atoms with E-state index in [0.717, 1.165) is 73.7 Å². The molecule has 0 amide bonds. The minimum Gasteiger partial charge on any atom is -0.496 e. The van der Waals surface area contributed by atoms with Crippen molar-refractivity contribution in [1.29, 1.82) is 0 Å². The Bertz CT molecular complexity index is 928. The van der Waals surface area contributed by atoms with Gasteiger partial charge in [-0.05, 0) is 25.3 Å². The fraction of sp³-hybridized carbons (Fsp3) is 0.450. The van der Waals surface area contributed by atoms with E-state index in [9.17, 15) is 10.1 Å². The van der Waals surface area contributed by atoms with Crippen molar-refractivity contribution in [2.45, 2.75) is 38.8 Å². The van der Waals surface area contributed by atoms with E-state index in [1.165, 1.54) is 19.2 Å². The Morgan fingerprint density at radius 3 is 2.93 bits per heavy atom. The van der Waals surface area contributed by atoms with E-state index >= 15 is 0 Å². The van der Waals surface area contributed by atoms with Crippen LogP contribution in [0.4, 0.5) is 5.69 Å². The molecule has 28 heavy (non-hydrogen) atoms. The van der Waals surface area contributed by atoms with Crippen molar-refractivity contribution >= 4 is 11.4 Å². The summed E-state index contributed by atoms with van der Waals surface area (Å²) in [6, 6.07) is 4.77. The molecule has 8 nitrogen and oxygen atoms in total. The fourth-order valence-electron chi connectivity index (χ4n) is 3.75. The van der Waals surface area contributed by atoms with Crippen LogP contribution < -0.4 is 4.74 Å². The van der Waals surface area contributed by atoms with Crippen molar-refractivity contribution in [3.8, 4) is 5.75 Å². The molecular weight excluding hydrogens is 358 g/mol. The number of nitro benzene ring substituents is 1. The normalized spacial score (nSPS) is 17.0. The number of hydrogen-bond donors (Lipinski definition) is 0. The Morgan fingerprint density at radius 1 is 1.29 bits per heavy atom. The topological polar surface area (TPSA) is 93.8 Å². The van der Waals surface area contributed by atoms with Gasteiger partial charge >= 0.3 is 0 Å². The average Bonchev–Trinajstić information content (AvgIpc) is 2.74. The zero-order valence-corrected chi connectivity index (χ0v) is 15.9. The molecule has 4 rings (SSSR count). The van der Waals surface area contributed by atoms with Crippen molar-refractivity contribution in [1.82, 2.24) is 14.9 Å². The molecule has 0 fully saturated rings. The number of rotatable bonds is 5. The first kappa shape index (κ1) is 18.5. The van der Waals surface area contributed by atoms with Crippen molar-refractivity contribution in [2.75, 3.05) is 20.2 Å². The van der Waals surface area contributed by atoms with Crippen LogP contribution in [0, 0.1) is 10.1 Å². The fourth-order valence-corrected chi connectivity index (χ4v) is 3.75. The highest BCUT2D eigenvalue weighted by molar-refractivity contribution is 5.97. The lowest BCUT2D eigenvalue weighted by Crippen LogP contribution is -2.31. The molecule has 2 aliphatic rings. The molecule has 0 aliphatic carbocycles. The van der Waals surface area contributed by atoms with Crippen LogP contribution in [0.2, 0.25) is 0 Å². The number of nitrogens with zero attached hydrogens (tertiary/aromatic N) is 5. The monoisotopic (exact) mass is 381 g/mol. The Labute approximate surface area is 163 Å². The molecule has 0 atom stereocenters. The van der Waals surface area contributed by atoms with Crippen LogP contribution in [-0.4, -0.2) is 45.7 Å². The smallest absolute Gasteiger partial charge is 0.273 e. The third-order valence-electron chi connectivity index (χ3n) is 5.27. The maximum absolute atomic E-state index is 11.0. The number of benzene rings is 1. The van der Waals surface area contributed by atoms with Crippen molar-refractivity contribution in [3.05, 3.63) is 57.2 Å². The molecule has 0 bridgehead atoms. The lowest BCUT2D eigenvalue weighted by Gasteiger charge is -2.28. The predicted molar refractivity (Wildman–Crippen MR) is 105 cm³/mol. The number of fused-ring (bicyclic) bond motifs is 1. The van der Waals surface area contributed by atoms with Crippen LogP contribution in [0.3, 0.4) is 0 Å². The van der Waals surface area contributed by atoms with Crippen LogP contribution in [-0.2, 0) is 19.5 Å². The van der Waals surface area contributed by atoms with Gasteiger partial charge in [0.25, 0.3) is 5.69 Å². The summed E-state index contributed by atoms with van der Waals surface area (Å²) in [5, 5.41) is 11.0. The van der Waals surface area contributed by atoms with Gasteiger partial charge < -0.3 is 4.74 Å². The van der Waals surface area contributed by atoms with Gasteiger partial charge in [0.15, 0.2) is 5.82 Å². The number of hydrogen-bond acceptors (Lipinski definition) is 7. The number of aromatic nitrogens is 2. The van der Waals surface area contributed by atoms with Gasteiger partial charge in [-0.15, -0.1) is 0 Å².